The molecule has 1 unspecified atom stereocenters. The van der Waals surface area contributed by atoms with Gasteiger partial charge in [-0.15, -0.1) is 11.3 Å². The number of nitrogens with one attached hydrogen (secondary N) is 1. The van der Waals surface area contributed by atoms with Gasteiger partial charge in [-0.05, 0) is 52.6 Å². The van der Waals surface area contributed by atoms with Gasteiger partial charge in [-0.3, -0.25) is 0 Å². The number of benzene rings is 6. The van der Waals surface area contributed by atoms with Crippen molar-refractivity contribution >= 4 is 65.0 Å². The summed E-state index contributed by atoms with van der Waals surface area (Å²) in [5.74, 6) is 0.888. The summed E-state index contributed by atoms with van der Waals surface area (Å²) in [5, 5.41) is 8.63. The van der Waals surface area contributed by atoms with E-state index in [-0.39, 0.29) is 6.04 Å². The Labute approximate surface area is 258 Å². The topological polar surface area (TPSA) is 37.5 Å². The molecular weight excluding hydrogens is 557 g/mol. The van der Waals surface area contributed by atoms with Crippen LogP contribution in [0.1, 0.15) is 22.7 Å². The summed E-state index contributed by atoms with van der Waals surface area (Å²) in [6, 6.07) is 49.1. The molecule has 44 heavy (non-hydrogen) atoms. The molecule has 0 radical (unpaired) electrons. The molecule has 0 amide bonds. The Hall–Kier alpha value is -5.45. The van der Waals surface area contributed by atoms with Gasteiger partial charge in [-0.2, -0.15) is 0 Å². The van der Waals surface area contributed by atoms with E-state index in [1.54, 1.807) is 0 Å². The molecule has 0 bridgehead atoms. The van der Waals surface area contributed by atoms with Gasteiger partial charge < -0.3 is 9.73 Å². The van der Waals surface area contributed by atoms with E-state index in [1.807, 2.05) is 35.6 Å². The van der Waals surface area contributed by atoms with Gasteiger partial charge in [0.05, 0.1) is 11.7 Å². The summed E-state index contributed by atoms with van der Waals surface area (Å²) >= 11 is 1.87. The van der Waals surface area contributed by atoms with Crippen molar-refractivity contribution in [2.24, 2.45) is 4.99 Å². The third-order valence-electron chi connectivity index (χ3n) is 8.54. The normalized spacial score (nSPS) is 15.0. The Balaban J connectivity index is 1.16. The number of thiophene rings is 1. The van der Waals surface area contributed by atoms with Gasteiger partial charge in [0.2, 0.25) is 0 Å². The monoisotopic (exact) mass is 582 g/mol. The van der Waals surface area contributed by atoms with Gasteiger partial charge >= 0.3 is 0 Å². The first-order valence-electron chi connectivity index (χ1n) is 14.8. The van der Waals surface area contributed by atoms with Crippen LogP contribution in [-0.4, -0.2) is 5.84 Å². The van der Waals surface area contributed by atoms with Crippen molar-refractivity contribution in [3.8, 4) is 11.1 Å². The molecule has 6 aromatic carbocycles. The Morgan fingerprint density at radius 2 is 1.25 bits per heavy atom. The molecule has 0 saturated carbocycles. The number of furan rings is 1. The molecule has 8 aromatic rings. The molecule has 1 aliphatic heterocycles. The first-order valence-corrected chi connectivity index (χ1v) is 15.6. The van der Waals surface area contributed by atoms with Gasteiger partial charge in [-0.1, -0.05) is 115 Å². The van der Waals surface area contributed by atoms with Crippen LogP contribution in [0.4, 0.5) is 0 Å². The van der Waals surface area contributed by atoms with Crippen LogP contribution in [0.2, 0.25) is 0 Å². The summed E-state index contributed by atoms with van der Waals surface area (Å²) in [6.45, 7) is 0. The van der Waals surface area contributed by atoms with Gasteiger partial charge in [0, 0.05) is 36.5 Å². The van der Waals surface area contributed by atoms with Crippen LogP contribution in [0.5, 0.6) is 0 Å². The number of hydrogen-bond donors (Lipinski definition) is 1. The van der Waals surface area contributed by atoms with Crippen molar-refractivity contribution in [2.45, 2.75) is 6.04 Å². The molecule has 2 aromatic heterocycles. The average Bonchev–Trinajstić information content (AvgIpc) is 3.66. The van der Waals surface area contributed by atoms with Gasteiger partial charge in [0.1, 0.15) is 17.0 Å². The smallest absolute Gasteiger partial charge is 0.135 e. The highest BCUT2D eigenvalue weighted by Gasteiger charge is 2.22. The molecule has 0 spiro atoms. The minimum Gasteiger partial charge on any atom is -0.456 e. The van der Waals surface area contributed by atoms with Crippen molar-refractivity contribution in [2.75, 3.05) is 0 Å². The summed E-state index contributed by atoms with van der Waals surface area (Å²) < 4.78 is 8.66. The van der Waals surface area contributed by atoms with Crippen molar-refractivity contribution in [3.05, 3.63) is 162 Å². The second-order valence-electron chi connectivity index (χ2n) is 11.2. The largest absolute Gasteiger partial charge is 0.456 e. The van der Waals surface area contributed by atoms with Crippen LogP contribution in [0, 0.1) is 0 Å². The Kier molecular flexibility index (Phi) is 5.75. The maximum atomic E-state index is 6.08. The zero-order valence-corrected chi connectivity index (χ0v) is 24.5. The SMILES string of the molecule is C1=C(c2ccccc2)N=C(c2ccccc2)NC1c1cccc2c1sc1cc(-c3ccc4oc5ccccc5c4c3)ccc12. The molecule has 0 saturated heterocycles. The van der Waals surface area contributed by atoms with Crippen LogP contribution in [-0.2, 0) is 0 Å². The van der Waals surface area contributed by atoms with E-state index >= 15 is 0 Å². The third-order valence-corrected chi connectivity index (χ3v) is 9.76. The van der Waals surface area contributed by atoms with E-state index in [4.69, 9.17) is 9.41 Å². The lowest BCUT2D eigenvalue weighted by Gasteiger charge is -2.25. The average molecular weight is 583 g/mol. The summed E-state index contributed by atoms with van der Waals surface area (Å²) in [4.78, 5) is 5.07. The van der Waals surface area contributed by atoms with E-state index in [0.717, 1.165) is 44.6 Å². The molecule has 3 nitrogen and oxygen atoms in total. The van der Waals surface area contributed by atoms with E-state index in [1.165, 1.54) is 36.9 Å². The minimum absolute atomic E-state index is 0.0223. The number of aliphatic imine (C=N–C) groups is 1. The first-order chi connectivity index (χ1) is 21.8. The highest BCUT2D eigenvalue weighted by atomic mass is 32.1. The summed E-state index contributed by atoms with van der Waals surface area (Å²) in [6.07, 6.45) is 2.26. The quantitative estimate of drug-likeness (QED) is 0.224. The molecule has 1 N–H and O–H groups in total. The Bertz CT molecular complexity index is 2420. The van der Waals surface area contributed by atoms with Crippen LogP contribution in [0.25, 0.3) is 58.9 Å². The second-order valence-corrected chi connectivity index (χ2v) is 12.3. The summed E-state index contributed by atoms with van der Waals surface area (Å²) in [5.41, 5.74) is 8.67. The molecule has 4 heteroatoms. The van der Waals surface area contributed by atoms with E-state index in [0.29, 0.717) is 0 Å². The van der Waals surface area contributed by atoms with Crippen LogP contribution < -0.4 is 5.32 Å². The zero-order chi connectivity index (χ0) is 29.0. The van der Waals surface area contributed by atoms with Crippen molar-refractivity contribution in [1.82, 2.24) is 5.32 Å². The van der Waals surface area contributed by atoms with Crippen LogP contribution in [0.3, 0.4) is 0 Å². The van der Waals surface area contributed by atoms with Crippen molar-refractivity contribution in [3.63, 3.8) is 0 Å². The predicted molar refractivity (Wildman–Crippen MR) is 185 cm³/mol. The van der Waals surface area contributed by atoms with Gasteiger partial charge in [0.15, 0.2) is 0 Å². The number of rotatable bonds is 4. The molecule has 0 fully saturated rings. The molecule has 3 heterocycles. The van der Waals surface area contributed by atoms with Crippen molar-refractivity contribution < 1.29 is 4.42 Å². The minimum atomic E-state index is -0.0223. The standard InChI is InChI=1S/C40H26N2OS/c1-3-10-25(11-4-1)34-24-35(42-40(41-34)26-12-5-2-6-13-26)32-16-9-15-31-30-20-18-28(23-38(30)44-39(31)32)27-19-21-37-33(22-27)29-14-7-8-17-36(29)43-37/h1-24,35H,(H,41,42). The summed E-state index contributed by atoms with van der Waals surface area (Å²) in [7, 11) is 0. The third kappa shape index (κ3) is 4.15. The second kappa shape index (κ2) is 10.1. The van der Waals surface area contributed by atoms with E-state index in [9.17, 15) is 0 Å². The molecule has 0 aliphatic carbocycles. The van der Waals surface area contributed by atoms with E-state index in [2.05, 4.69) is 127 Å². The molecule has 1 aliphatic rings. The number of hydrogen-bond acceptors (Lipinski definition) is 4. The number of fused-ring (bicyclic) bond motifs is 6. The number of amidine groups is 1. The molecule has 1 atom stereocenters. The maximum absolute atomic E-state index is 6.08. The fourth-order valence-electron chi connectivity index (χ4n) is 6.37. The highest BCUT2D eigenvalue weighted by Crippen LogP contribution is 2.42. The lowest BCUT2D eigenvalue weighted by molar-refractivity contribution is 0.669. The Morgan fingerprint density at radius 1 is 0.545 bits per heavy atom. The van der Waals surface area contributed by atoms with Gasteiger partial charge in [0.25, 0.3) is 0 Å². The lowest BCUT2D eigenvalue weighted by atomic mass is 9.98. The number of para-hydroxylation sites is 1. The van der Waals surface area contributed by atoms with Crippen LogP contribution >= 0.6 is 11.3 Å². The Morgan fingerprint density at radius 3 is 2.11 bits per heavy atom. The predicted octanol–water partition coefficient (Wildman–Crippen LogP) is 10.8. The molecular formula is C40H26N2OS. The molecule has 9 rings (SSSR count). The van der Waals surface area contributed by atoms with E-state index < -0.39 is 0 Å². The maximum Gasteiger partial charge on any atom is 0.135 e. The van der Waals surface area contributed by atoms with Gasteiger partial charge in [-0.25, -0.2) is 4.99 Å². The zero-order valence-electron chi connectivity index (χ0n) is 23.7. The van der Waals surface area contributed by atoms with Crippen molar-refractivity contribution in [1.29, 1.82) is 0 Å². The fraction of sp³-hybridized carbons (Fsp3) is 0.0250. The first kappa shape index (κ1) is 25.1. The van der Waals surface area contributed by atoms with Crippen LogP contribution in [0.15, 0.2) is 155 Å². The fourth-order valence-corrected chi connectivity index (χ4v) is 7.66. The highest BCUT2D eigenvalue weighted by molar-refractivity contribution is 7.26. The number of nitrogens with zero attached hydrogens (tertiary/aromatic N) is 1. The lowest BCUT2D eigenvalue weighted by Crippen LogP contribution is -2.31. The molecule has 208 valence electrons.